The molecule has 180 valence electrons. The molecule has 2 atom stereocenters. The van der Waals surface area contributed by atoms with Crippen molar-refractivity contribution in [3.63, 3.8) is 0 Å². The lowest BCUT2D eigenvalue weighted by atomic mass is 9.78. The number of morpholine rings is 1. The van der Waals surface area contributed by atoms with Crippen LogP contribution >= 0.6 is 0 Å². The molecular weight excluding hydrogens is 434 g/mol. The largest absolute Gasteiger partial charge is 0.481 e. The maximum absolute atomic E-state index is 13.3. The number of anilines is 3. The van der Waals surface area contributed by atoms with Crippen LogP contribution in [0, 0.1) is 18.8 Å². The van der Waals surface area contributed by atoms with E-state index in [-0.39, 0.29) is 11.8 Å². The molecule has 1 saturated carbocycles. The Morgan fingerprint density at radius 3 is 2.35 bits per heavy atom. The number of benzene rings is 2. The van der Waals surface area contributed by atoms with Crippen LogP contribution in [0.3, 0.4) is 0 Å². The Morgan fingerprint density at radius 2 is 1.65 bits per heavy atom. The second-order valence-corrected chi connectivity index (χ2v) is 8.98. The smallest absolute Gasteiger partial charge is 0.307 e. The van der Waals surface area contributed by atoms with Gasteiger partial charge in [-0.05, 0) is 55.7 Å². The molecule has 1 heterocycles. The van der Waals surface area contributed by atoms with E-state index in [1.807, 2.05) is 37.3 Å². The molecule has 1 aliphatic heterocycles. The first-order valence-corrected chi connectivity index (χ1v) is 11.8. The molecule has 4 rings (SSSR count). The standard InChI is InChI=1S/C26H31N3O5/c1-17-5-4-6-18(15-17)27-25(31)22-16-19(9-10-23(22)29-11-13-34-14-12-29)28-24(30)20-7-2-3-8-21(20)26(32)33/h4-6,9-10,15-16,20-21H,2-3,7-8,11-14H2,1H3,(H,27,31)(H,28,30)(H,32,33)/t20-,21-/m0/s1. The average molecular weight is 466 g/mol. The summed E-state index contributed by atoms with van der Waals surface area (Å²) in [6.45, 7) is 4.45. The van der Waals surface area contributed by atoms with Gasteiger partial charge in [-0.3, -0.25) is 14.4 Å². The number of carboxylic acid groups (broad SMARTS) is 1. The molecule has 1 saturated heterocycles. The fourth-order valence-corrected chi connectivity index (χ4v) is 4.77. The van der Waals surface area contributed by atoms with E-state index < -0.39 is 17.8 Å². The molecule has 0 bridgehead atoms. The van der Waals surface area contributed by atoms with Gasteiger partial charge in [0, 0.05) is 30.2 Å². The van der Waals surface area contributed by atoms with E-state index in [0.29, 0.717) is 56.1 Å². The third-order valence-electron chi connectivity index (χ3n) is 6.56. The van der Waals surface area contributed by atoms with Crippen LogP contribution in [0.15, 0.2) is 42.5 Å². The van der Waals surface area contributed by atoms with E-state index in [2.05, 4.69) is 15.5 Å². The normalized spacial score (nSPS) is 20.4. The number of hydrogen-bond acceptors (Lipinski definition) is 5. The van der Waals surface area contributed by atoms with Gasteiger partial charge in [0.1, 0.15) is 0 Å². The highest BCUT2D eigenvalue weighted by Gasteiger charge is 2.35. The summed E-state index contributed by atoms with van der Waals surface area (Å²) in [5.41, 5.74) is 3.42. The molecule has 0 spiro atoms. The summed E-state index contributed by atoms with van der Waals surface area (Å²) in [5, 5.41) is 15.4. The van der Waals surface area contributed by atoms with Crippen molar-refractivity contribution in [3.8, 4) is 0 Å². The zero-order chi connectivity index (χ0) is 24.1. The number of carbonyl (C=O) groups excluding carboxylic acids is 2. The molecule has 1 aliphatic carbocycles. The number of ether oxygens (including phenoxy) is 1. The first-order valence-electron chi connectivity index (χ1n) is 11.8. The van der Waals surface area contributed by atoms with Gasteiger partial charge in [0.2, 0.25) is 5.91 Å². The summed E-state index contributed by atoms with van der Waals surface area (Å²) in [7, 11) is 0. The highest BCUT2D eigenvalue weighted by molar-refractivity contribution is 6.09. The lowest BCUT2D eigenvalue weighted by molar-refractivity contribution is -0.147. The third kappa shape index (κ3) is 5.56. The number of aliphatic carboxylic acids is 1. The minimum Gasteiger partial charge on any atom is -0.481 e. The highest BCUT2D eigenvalue weighted by atomic mass is 16.5. The van der Waals surface area contributed by atoms with Crippen LogP contribution in [0.5, 0.6) is 0 Å². The maximum Gasteiger partial charge on any atom is 0.307 e. The van der Waals surface area contributed by atoms with Crippen LogP contribution in [0.2, 0.25) is 0 Å². The quantitative estimate of drug-likeness (QED) is 0.597. The Bertz CT molecular complexity index is 1060. The summed E-state index contributed by atoms with van der Waals surface area (Å²) in [5.74, 6) is -2.76. The molecule has 34 heavy (non-hydrogen) atoms. The van der Waals surface area contributed by atoms with Gasteiger partial charge in [0.05, 0.1) is 30.6 Å². The van der Waals surface area contributed by atoms with Crippen molar-refractivity contribution in [3.05, 3.63) is 53.6 Å². The second-order valence-electron chi connectivity index (χ2n) is 8.98. The predicted molar refractivity (Wildman–Crippen MR) is 130 cm³/mol. The fourth-order valence-electron chi connectivity index (χ4n) is 4.77. The molecule has 8 heteroatoms. The van der Waals surface area contributed by atoms with Crippen molar-refractivity contribution in [1.29, 1.82) is 0 Å². The maximum atomic E-state index is 13.3. The number of aryl methyl sites for hydroxylation is 1. The van der Waals surface area contributed by atoms with Gasteiger partial charge in [-0.15, -0.1) is 0 Å². The van der Waals surface area contributed by atoms with Crippen LogP contribution in [-0.2, 0) is 14.3 Å². The molecule has 0 aromatic heterocycles. The molecular formula is C26H31N3O5. The molecule has 0 unspecified atom stereocenters. The summed E-state index contributed by atoms with van der Waals surface area (Å²) < 4.78 is 5.46. The number of nitrogens with one attached hydrogen (secondary N) is 2. The van der Waals surface area contributed by atoms with Crippen LogP contribution < -0.4 is 15.5 Å². The highest BCUT2D eigenvalue weighted by Crippen LogP contribution is 2.32. The van der Waals surface area contributed by atoms with E-state index in [1.54, 1.807) is 12.1 Å². The molecule has 2 aliphatic rings. The van der Waals surface area contributed by atoms with Gasteiger partial charge in [0.15, 0.2) is 0 Å². The lowest BCUT2D eigenvalue weighted by Gasteiger charge is -2.31. The van der Waals surface area contributed by atoms with Crippen molar-refractivity contribution in [2.75, 3.05) is 41.8 Å². The molecule has 2 amide bonds. The molecule has 0 radical (unpaired) electrons. The van der Waals surface area contributed by atoms with E-state index in [0.717, 1.165) is 24.1 Å². The first-order chi connectivity index (χ1) is 16.4. The van der Waals surface area contributed by atoms with Crippen molar-refractivity contribution >= 4 is 34.8 Å². The molecule has 2 aromatic carbocycles. The van der Waals surface area contributed by atoms with Crippen LogP contribution in [0.4, 0.5) is 17.1 Å². The molecule has 3 N–H and O–H groups in total. The van der Waals surface area contributed by atoms with Gasteiger partial charge in [-0.25, -0.2) is 0 Å². The Labute approximate surface area is 199 Å². The van der Waals surface area contributed by atoms with Crippen molar-refractivity contribution < 1.29 is 24.2 Å². The van der Waals surface area contributed by atoms with Gasteiger partial charge in [-0.1, -0.05) is 25.0 Å². The Balaban J connectivity index is 1.59. The number of carboxylic acids is 1. The van der Waals surface area contributed by atoms with Crippen molar-refractivity contribution in [2.45, 2.75) is 32.6 Å². The molecule has 2 aromatic rings. The number of carbonyl (C=O) groups is 3. The number of hydrogen-bond donors (Lipinski definition) is 3. The molecule has 8 nitrogen and oxygen atoms in total. The third-order valence-corrected chi connectivity index (χ3v) is 6.56. The van der Waals surface area contributed by atoms with E-state index >= 15 is 0 Å². The van der Waals surface area contributed by atoms with Crippen molar-refractivity contribution in [1.82, 2.24) is 0 Å². The number of rotatable bonds is 6. The fraction of sp³-hybridized carbons (Fsp3) is 0.423. The summed E-state index contributed by atoms with van der Waals surface area (Å²) in [6.07, 6.45) is 2.71. The minimum absolute atomic E-state index is 0.274. The van der Waals surface area contributed by atoms with E-state index in [9.17, 15) is 19.5 Å². The predicted octanol–water partition coefficient (Wildman–Crippen LogP) is 3.91. The van der Waals surface area contributed by atoms with Crippen molar-refractivity contribution in [2.24, 2.45) is 11.8 Å². The SMILES string of the molecule is Cc1cccc(NC(=O)c2cc(NC(=O)[C@H]3CCCC[C@@H]3C(=O)O)ccc2N2CCOCC2)c1. The zero-order valence-corrected chi connectivity index (χ0v) is 19.4. The lowest BCUT2D eigenvalue weighted by Crippen LogP contribution is -2.37. The van der Waals surface area contributed by atoms with Gasteiger partial charge in [0.25, 0.3) is 5.91 Å². The number of amides is 2. The first kappa shape index (κ1) is 23.8. The van der Waals surface area contributed by atoms with Crippen LogP contribution in [0.25, 0.3) is 0 Å². The van der Waals surface area contributed by atoms with Gasteiger partial charge in [-0.2, -0.15) is 0 Å². The van der Waals surface area contributed by atoms with Gasteiger partial charge < -0.3 is 25.4 Å². The Hall–Kier alpha value is -3.39. The zero-order valence-electron chi connectivity index (χ0n) is 19.4. The average Bonchev–Trinajstić information content (AvgIpc) is 2.84. The minimum atomic E-state index is -0.930. The van der Waals surface area contributed by atoms with E-state index in [1.165, 1.54) is 0 Å². The topological polar surface area (TPSA) is 108 Å². The Kier molecular flexibility index (Phi) is 7.47. The summed E-state index contributed by atoms with van der Waals surface area (Å²) in [6, 6.07) is 12.8. The van der Waals surface area contributed by atoms with Crippen LogP contribution in [0.1, 0.15) is 41.6 Å². The Morgan fingerprint density at radius 1 is 0.941 bits per heavy atom. The molecule has 2 fully saturated rings. The van der Waals surface area contributed by atoms with E-state index in [4.69, 9.17) is 4.74 Å². The summed E-state index contributed by atoms with van der Waals surface area (Å²) >= 11 is 0. The van der Waals surface area contributed by atoms with Gasteiger partial charge >= 0.3 is 5.97 Å². The monoisotopic (exact) mass is 465 g/mol. The van der Waals surface area contributed by atoms with Crippen LogP contribution in [-0.4, -0.2) is 49.2 Å². The summed E-state index contributed by atoms with van der Waals surface area (Å²) in [4.78, 5) is 40.0. The number of nitrogens with zero attached hydrogens (tertiary/aromatic N) is 1. The second kappa shape index (κ2) is 10.7.